The van der Waals surface area contributed by atoms with Gasteiger partial charge < -0.3 is 10.8 Å². The van der Waals surface area contributed by atoms with Crippen LogP contribution in [0.25, 0.3) is 0 Å². The monoisotopic (exact) mass is 245 g/mol. The van der Waals surface area contributed by atoms with Gasteiger partial charge in [-0.25, -0.2) is 0 Å². The molecule has 0 saturated heterocycles. The van der Waals surface area contributed by atoms with E-state index in [-0.39, 0.29) is 12.0 Å². The minimum Gasteiger partial charge on any atom is -0.396 e. The number of hydrogen-bond acceptors (Lipinski definition) is 2. The van der Waals surface area contributed by atoms with E-state index in [1.165, 1.54) is 48.8 Å². The van der Waals surface area contributed by atoms with Crippen molar-refractivity contribution in [1.82, 2.24) is 0 Å². The van der Waals surface area contributed by atoms with Gasteiger partial charge in [-0.15, -0.1) is 0 Å². The van der Waals surface area contributed by atoms with Crippen LogP contribution in [0.2, 0.25) is 0 Å². The molecule has 3 N–H and O–H groups in total. The van der Waals surface area contributed by atoms with E-state index in [4.69, 9.17) is 5.73 Å². The quantitative estimate of drug-likeness (QED) is 0.834. The summed E-state index contributed by atoms with van der Waals surface area (Å²) >= 11 is 0. The molecule has 2 aliphatic rings. The lowest BCUT2D eigenvalue weighted by Crippen LogP contribution is -2.38. The van der Waals surface area contributed by atoms with Crippen molar-refractivity contribution >= 4 is 0 Å². The topological polar surface area (TPSA) is 46.2 Å². The van der Waals surface area contributed by atoms with Crippen molar-refractivity contribution in [3.8, 4) is 0 Å². The van der Waals surface area contributed by atoms with E-state index >= 15 is 0 Å². The molecule has 98 valence electrons. The molecule has 18 heavy (non-hydrogen) atoms. The fourth-order valence-electron chi connectivity index (χ4n) is 3.47. The van der Waals surface area contributed by atoms with Crippen molar-refractivity contribution in [2.45, 2.75) is 38.5 Å². The van der Waals surface area contributed by atoms with Crippen LogP contribution >= 0.6 is 0 Å². The Bertz CT molecular complexity index is 433. The van der Waals surface area contributed by atoms with Crippen LogP contribution in [0, 0.1) is 11.3 Å². The second-order valence-corrected chi connectivity index (χ2v) is 6.13. The average molecular weight is 245 g/mol. The summed E-state index contributed by atoms with van der Waals surface area (Å²) in [5.74, 6) is 0.640. The zero-order chi connectivity index (χ0) is 12.6. The fourth-order valence-corrected chi connectivity index (χ4v) is 3.47. The Morgan fingerprint density at radius 2 is 2.00 bits per heavy atom. The van der Waals surface area contributed by atoms with Gasteiger partial charge in [-0.3, -0.25) is 0 Å². The average Bonchev–Trinajstić information content (AvgIpc) is 3.15. The Balaban J connectivity index is 1.82. The van der Waals surface area contributed by atoms with Crippen LogP contribution in [0.1, 0.15) is 36.0 Å². The highest BCUT2D eigenvalue weighted by atomic mass is 16.3. The largest absolute Gasteiger partial charge is 0.396 e. The van der Waals surface area contributed by atoms with Crippen LogP contribution < -0.4 is 5.73 Å². The summed E-state index contributed by atoms with van der Waals surface area (Å²) in [4.78, 5) is 0. The molecule has 2 aliphatic carbocycles. The van der Waals surface area contributed by atoms with E-state index in [2.05, 4.69) is 18.2 Å². The Kier molecular flexibility index (Phi) is 3.16. The molecule has 0 aliphatic heterocycles. The maximum Gasteiger partial charge on any atom is 0.0505 e. The summed E-state index contributed by atoms with van der Waals surface area (Å²) in [7, 11) is 0. The Labute approximate surface area is 109 Å². The molecule has 0 spiro atoms. The lowest BCUT2D eigenvalue weighted by atomic mass is 9.77. The Morgan fingerprint density at radius 3 is 2.67 bits per heavy atom. The summed E-state index contributed by atoms with van der Waals surface area (Å²) in [6, 6.07) is 6.88. The summed E-state index contributed by atoms with van der Waals surface area (Å²) in [6.07, 6.45) is 7.18. The highest BCUT2D eigenvalue weighted by Crippen LogP contribution is 2.47. The summed E-state index contributed by atoms with van der Waals surface area (Å²) in [5, 5.41) is 9.76. The SMILES string of the molecule is NCC(CO)(Cc1ccc2c(c1)CCC2)C1CC1. The molecular formula is C16H23NO. The first-order valence-electron chi connectivity index (χ1n) is 7.19. The lowest BCUT2D eigenvalue weighted by Gasteiger charge is -2.31. The third kappa shape index (κ3) is 2.08. The van der Waals surface area contributed by atoms with Crippen molar-refractivity contribution < 1.29 is 5.11 Å². The molecule has 0 amide bonds. The number of hydrogen-bond donors (Lipinski definition) is 2. The van der Waals surface area contributed by atoms with Crippen LogP contribution in [-0.4, -0.2) is 18.3 Å². The highest BCUT2D eigenvalue weighted by molar-refractivity contribution is 5.36. The standard InChI is InChI=1S/C16H23NO/c17-10-16(11-18,15-6-7-15)9-12-4-5-13-2-1-3-14(13)8-12/h4-5,8,15,18H,1-3,6-7,9-11,17H2. The molecule has 0 radical (unpaired) electrons. The number of aliphatic hydroxyl groups excluding tert-OH is 1. The lowest BCUT2D eigenvalue weighted by molar-refractivity contribution is 0.109. The molecule has 2 nitrogen and oxygen atoms in total. The van der Waals surface area contributed by atoms with E-state index in [9.17, 15) is 5.11 Å². The first-order valence-corrected chi connectivity index (χ1v) is 7.19. The molecule has 1 saturated carbocycles. The van der Waals surface area contributed by atoms with Crippen LogP contribution in [0.5, 0.6) is 0 Å². The van der Waals surface area contributed by atoms with Gasteiger partial charge >= 0.3 is 0 Å². The third-order valence-electron chi connectivity index (χ3n) is 4.88. The van der Waals surface area contributed by atoms with Crippen LogP contribution in [0.4, 0.5) is 0 Å². The van der Waals surface area contributed by atoms with Crippen molar-refractivity contribution in [2.75, 3.05) is 13.2 Å². The van der Waals surface area contributed by atoms with Gasteiger partial charge in [0.25, 0.3) is 0 Å². The van der Waals surface area contributed by atoms with Gasteiger partial charge in [-0.05, 0) is 61.1 Å². The number of aryl methyl sites for hydroxylation is 2. The van der Waals surface area contributed by atoms with Crippen molar-refractivity contribution in [3.63, 3.8) is 0 Å². The zero-order valence-corrected chi connectivity index (χ0v) is 11.0. The van der Waals surface area contributed by atoms with E-state index in [1.807, 2.05) is 0 Å². The zero-order valence-electron chi connectivity index (χ0n) is 11.0. The van der Waals surface area contributed by atoms with Crippen molar-refractivity contribution in [3.05, 3.63) is 34.9 Å². The molecule has 1 unspecified atom stereocenters. The van der Waals surface area contributed by atoms with Crippen molar-refractivity contribution in [1.29, 1.82) is 0 Å². The minimum atomic E-state index is -0.0627. The van der Waals surface area contributed by atoms with Crippen molar-refractivity contribution in [2.24, 2.45) is 17.1 Å². The Morgan fingerprint density at radius 1 is 1.22 bits per heavy atom. The predicted octanol–water partition coefficient (Wildman–Crippen LogP) is 2.07. The molecule has 0 bridgehead atoms. The van der Waals surface area contributed by atoms with E-state index in [1.54, 1.807) is 0 Å². The molecule has 3 rings (SSSR count). The smallest absolute Gasteiger partial charge is 0.0505 e. The number of fused-ring (bicyclic) bond motifs is 1. The molecule has 0 heterocycles. The van der Waals surface area contributed by atoms with Gasteiger partial charge in [0.1, 0.15) is 0 Å². The molecule has 0 aromatic heterocycles. The molecular weight excluding hydrogens is 222 g/mol. The van der Waals surface area contributed by atoms with Gasteiger partial charge in [0.05, 0.1) is 6.61 Å². The van der Waals surface area contributed by atoms with Gasteiger partial charge in [0.15, 0.2) is 0 Å². The van der Waals surface area contributed by atoms with Gasteiger partial charge in [0.2, 0.25) is 0 Å². The molecule has 1 atom stereocenters. The first kappa shape index (κ1) is 12.2. The summed E-state index contributed by atoms with van der Waals surface area (Å²) in [5.41, 5.74) is 10.3. The van der Waals surface area contributed by atoms with Crippen LogP contribution in [0.15, 0.2) is 18.2 Å². The predicted molar refractivity (Wildman–Crippen MR) is 73.5 cm³/mol. The van der Waals surface area contributed by atoms with Gasteiger partial charge in [0, 0.05) is 12.0 Å². The highest BCUT2D eigenvalue weighted by Gasteiger charge is 2.43. The van der Waals surface area contributed by atoms with Gasteiger partial charge in [-0.2, -0.15) is 0 Å². The molecule has 1 fully saturated rings. The summed E-state index contributed by atoms with van der Waals surface area (Å²) in [6.45, 7) is 0.830. The molecule has 2 heteroatoms. The molecule has 1 aromatic rings. The normalized spacial score (nSPS) is 21.7. The van der Waals surface area contributed by atoms with Crippen LogP contribution in [-0.2, 0) is 19.3 Å². The van der Waals surface area contributed by atoms with Gasteiger partial charge in [-0.1, -0.05) is 18.2 Å². The van der Waals surface area contributed by atoms with E-state index in [0.717, 1.165) is 6.42 Å². The third-order valence-corrected chi connectivity index (χ3v) is 4.88. The Hall–Kier alpha value is -0.860. The second-order valence-electron chi connectivity index (χ2n) is 6.13. The maximum absolute atomic E-state index is 9.76. The van der Waals surface area contributed by atoms with Crippen LogP contribution in [0.3, 0.4) is 0 Å². The fraction of sp³-hybridized carbons (Fsp3) is 0.625. The van der Waals surface area contributed by atoms with E-state index in [0.29, 0.717) is 12.5 Å². The first-order chi connectivity index (χ1) is 8.77. The maximum atomic E-state index is 9.76. The number of aliphatic hydroxyl groups is 1. The second kappa shape index (κ2) is 4.67. The van der Waals surface area contributed by atoms with E-state index < -0.39 is 0 Å². The number of rotatable bonds is 5. The number of nitrogens with two attached hydrogens (primary N) is 1. The summed E-state index contributed by atoms with van der Waals surface area (Å²) < 4.78 is 0. The molecule has 1 aromatic carbocycles. The minimum absolute atomic E-state index is 0.0627. The number of benzene rings is 1.